The van der Waals surface area contributed by atoms with Crippen molar-refractivity contribution in [3.8, 4) is 0 Å². The summed E-state index contributed by atoms with van der Waals surface area (Å²) in [5, 5.41) is 1.17. The van der Waals surface area contributed by atoms with Gasteiger partial charge in [0.1, 0.15) is 5.58 Å². The molecular weight excluding hydrogens is 595 g/mol. The van der Waals surface area contributed by atoms with Gasteiger partial charge in [-0.15, -0.1) is 0 Å². The van der Waals surface area contributed by atoms with Crippen LogP contribution in [0.15, 0.2) is 108 Å². The van der Waals surface area contributed by atoms with Gasteiger partial charge in [-0.05, 0) is 118 Å². The number of rotatable bonds is 2. The third-order valence-electron chi connectivity index (χ3n) is 11.8. The van der Waals surface area contributed by atoms with Gasteiger partial charge < -0.3 is 14.2 Å². The van der Waals surface area contributed by atoms with Gasteiger partial charge in [0.05, 0.1) is 11.3 Å². The number of para-hydroxylation sites is 2. The van der Waals surface area contributed by atoms with Crippen molar-refractivity contribution in [3.63, 3.8) is 0 Å². The number of aryl methyl sites for hydroxylation is 1. The van der Waals surface area contributed by atoms with Crippen LogP contribution in [0.1, 0.15) is 83.6 Å². The number of hydrogen-bond acceptors (Lipinski definition) is 3. The Labute approximate surface area is 291 Å². The monoisotopic (exact) mass is 640 g/mol. The molecule has 0 fully saturated rings. The summed E-state index contributed by atoms with van der Waals surface area (Å²) in [6.07, 6.45) is 2.35. The predicted molar refractivity (Wildman–Crippen MR) is 209 cm³/mol. The molecule has 9 rings (SSSR count). The SMILES string of the molecule is Cc1ccccc1N1c2cccc3c2B(c2cc4c(cc2N3c2ccccc2)C(C)(C)CCC4(C)C)c2oc3ccc(C(C)(C)C)cc3c21. The number of benzene rings is 5. The van der Waals surface area contributed by atoms with Crippen LogP contribution in [0.3, 0.4) is 0 Å². The molecule has 2 aliphatic heterocycles. The van der Waals surface area contributed by atoms with E-state index in [9.17, 15) is 0 Å². The highest BCUT2D eigenvalue weighted by atomic mass is 16.3. The van der Waals surface area contributed by atoms with E-state index in [1.807, 2.05) is 0 Å². The van der Waals surface area contributed by atoms with E-state index in [-0.39, 0.29) is 23.0 Å². The molecule has 3 heterocycles. The van der Waals surface area contributed by atoms with E-state index in [0.717, 1.165) is 11.2 Å². The minimum absolute atomic E-state index is 0.0106. The molecule has 0 atom stereocenters. The Kier molecular flexibility index (Phi) is 6.30. The maximum Gasteiger partial charge on any atom is 0.297 e. The van der Waals surface area contributed by atoms with Crippen LogP contribution in [0.4, 0.5) is 34.1 Å². The summed E-state index contributed by atoms with van der Waals surface area (Å²) >= 11 is 0. The fourth-order valence-electron chi connectivity index (χ4n) is 8.87. The van der Waals surface area contributed by atoms with E-state index in [1.165, 1.54) is 85.5 Å². The smallest absolute Gasteiger partial charge is 0.297 e. The summed E-state index contributed by atoms with van der Waals surface area (Å²) in [5.41, 5.74) is 17.5. The van der Waals surface area contributed by atoms with Gasteiger partial charge in [0, 0.05) is 33.8 Å². The molecule has 0 radical (unpaired) electrons. The van der Waals surface area contributed by atoms with Crippen molar-refractivity contribution >= 4 is 68.4 Å². The van der Waals surface area contributed by atoms with Crippen LogP contribution < -0.4 is 26.4 Å². The van der Waals surface area contributed by atoms with Gasteiger partial charge in [-0.25, -0.2) is 0 Å². The molecule has 0 saturated heterocycles. The first kappa shape index (κ1) is 30.4. The Morgan fingerprint density at radius 1 is 0.653 bits per heavy atom. The highest BCUT2D eigenvalue weighted by Crippen LogP contribution is 2.51. The van der Waals surface area contributed by atoms with E-state index in [4.69, 9.17) is 4.42 Å². The van der Waals surface area contributed by atoms with Crippen LogP contribution >= 0.6 is 0 Å². The zero-order valence-electron chi connectivity index (χ0n) is 30.1. The quantitative estimate of drug-likeness (QED) is 0.175. The summed E-state index contributed by atoms with van der Waals surface area (Å²) < 4.78 is 7.17. The molecule has 0 amide bonds. The van der Waals surface area contributed by atoms with E-state index >= 15 is 0 Å². The molecule has 0 spiro atoms. The van der Waals surface area contributed by atoms with Gasteiger partial charge in [-0.3, -0.25) is 0 Å². The van der Waals surface area contributed by atoms with E-state index in [0.29, 0.717) is 0 Å². The zero-order chi connectivity index (χ0) is 34.0. The molecule has 3 nitrogen and oxygen atoms in total. The lowest BCUT2D eigenvalue weighted by molar-refractivity contribution is 0.332. The Bertz CT molecular complexity index is 2310. The molecule has 3 aliphatic rings. The fraction of sp³-hybridized carbons (Fsp3) is 0.289. The standard InChI is InChI=1S/C45H45BN2O/c1-28-15-12-13-18-35(28)48-37-20-14-19-36-40(37)46(42-41(48)31-25-29(43(2,3)4)21-22-39(31)49-42)34-26-32-33(45(7,8)24-23-44(32,5)6)27-38(34)47(36)30-16-10-9-11-17-30/h9-22,25-27H,23-24H2,1-8H3. The second-order valence-corrected chi connectivity index (χ2v) is 16.9. The molecule has 0 unspecified atom stereocenters. The highest BCUT2D eigenvalue weighted by molar-refractivity contribution is 7.00. The highest BCUT2D eigenvalue weighted by Gasteiger charge is 2.48. The van der Waals surface area contributed by atoms with Gasteiger partial charge in [0.25, 0.3) is 6.71 Å². The normalized spacial score (nSPS) is 17.0. The van der Waals surface area contributed by atoms with Crippen LogP contribution in [0.2, 0.25) is 0 Å². The summed E-state index contributed by atoms with van der Waals surface area (Å²) in [6, 6.07) is 38.6. The first-order valence-corrected chi connectivity index (χ1v) is 17.9. The molecule has 1 aromatic heterocycles. The molecule has 0 N–H and O–H groups in total. The number of fused-ring (bicyclic) bond motifs is 7. The largest absolute Gasteiger partial charge is 0.468 e. The van der Waals surface area contributed by atoms with Crippen LogP contribution in [-0.4, -0.2) is 6.71 Å². The number of anilines is 6. The second kappa shape index (κ2) is 10.2. The average Bonchev–Trinajstić information content (AvgIpc) is 3.45. The van der Waals surface area contributed by atoms with Gasteiger partial charge in [0.15, 0.2) is 0 Å². The van der Waals surface area contributed by atoms with E-state index < -0.39 is 0 Å². The first-order chi connectivity index (χ1) is 23.3. The summed E-state index contributed by atoms with van der Waals surface area (Å²) in [5.74, 6) is 0. The number of furan rings is 1. The summed E-state index contributed by atoms with van der Waals surface area (Å²) in [4.78, 5) is 5.02. The minimum atomic E-state index is -0.0481. The minimum Gasteiger partial charge on any atom is -0.468 e. The van der Waals surface area contributed by atoms with Crippen molar-refractivity contribution in [1.82, 2.24) is 0 Å². The lowest BCUT2D eigenvalue weighted by Gasteiger charge is -2.46. The Hall–Kier alpha value is -4.70. The Morgan fingerprint density at radius 2 is 1.29 bits per heavy atom. The topological polar surface area (TPSA) is 19.6 Å². The maximum absolute atomic E-state index is 7.17. The van der Waals surface area contributed by atoms with Gasteiger partial charge >= 0.3 is 0 Å². The number of hydrogen-bond donors (Lipinski definition) is 0. The predicted octanol–water partition coefficient (Wildman–Crippen LogP) is 10.5. The maximum atomic E-state index is 7.17. The van der Waals surface area contributed by atoms with Crippen LogP contribution in [-0.2, 0) is 16.2 Å². The van der Waals surface area contributed by atoms with Crippen LogP contribution in [0, 0.1) is 6.92 Å². The van der Waals surface area contributed by atoms with Crippen molar-refractivity contribution in [2.45, 2.75) is 84.5 Å². The van der Waals surface area contributed by atoms with Crippen LogP contribution in [0.5, 0.6) is 0 Å². The third-order valence-corrected chi connectivity index (χ3v) is 11.8. The lowest BCUT2D eigenvalue weighted by Crippen LogP contribution is -2.61. The second-order valence-electron chi connectivity index (χ2n) is 16.9. The average molecular weight is 641 g/mol. The summed E-state index contributed by atoms with van der Waals surface area (Å²) in [7, 11) is 0. The van der Waals surface area contributed by atoms with Crippen molar-refractivity contribution in [1.29, 1.82) is 0 Å². The van der Waals surface area contributed by atoms with E-state index in [1.54, 1.807) is 0 Å². The molecule has 4 heteroatoms. The molecule has 49 heavy (non-hydrogen) atoms. The van der Waals surface area contributed by atoms with Crippen molar-refractivity contribution in [2.24, 2.45) is 0 Å². The molecule has 0 bridgehead atoms. The van der Waals surface area contributed by atoms with Crippen LogP contribution in [0.25, 0.3) is 11.0 Å². The lowest BCUT2D eigenvalue weighted by atomic mass is 9.35. The van der Waals surface area contributed by atoms with Crippen molar-refractivity contribution < 1.29 is 4.42 Å². The fourth-order valence-corrected chi connectivity index (χ4v) is 8.87. The van der Waals surface area contributed by atoms with Crippen molar-refractivity contribution in [2.75, 3.05) is 9.80 Å². The zero-order valence-corrected chi connectivity index (χ0v) is 30.1. The molecule has 5 aromatic carbocycles. The molecule has 244 valence electrons. The Morgan fingerprint density at radius 3 is 1.98 bits per heavy atom. The molecular formula is C45H45BN2O. The third kappa shape index (κ3) is 4.35. The molecule has 6 aromatic rings. The molecule has 0 saturated carbocycles. The van der Waals surface area contributed by atoms with Crippen molar-refractivity contribution in [3.05, 3.63) is 125 Å². The Balaban J connectivity index is 1.43. The van der Waals surface area contributed by atoms with Gasteiger partial charge in [0.2, 0.25) is 0 Å². The molecule has 1 aliphatic carbocycles. The summed E-state index contributed by atoms with van der Waals surface area (Å²) in [6.45, 7) is 18.8. The van der Waals surface area contributed by atoms with Gasteiger partial charge in [-0.2, -0.15) is 0 Å². The van der Waals surface area contributed by atoms with E-state index in [2.05, 4.69) is 168 Å². The van der Waals surface area contributed by atoms with Gasteiger partial charge in [-0.1, -0.05) is 103 Å². The number of nitrogens with zero attached hydrogens (tertiary/aromatic N) is 2. The first-order valence-electron chi connectivity index (χ1n) is 17.9.